The molecule has 1 aliphatic carbocycles. The summed E-state index contributed by atoms with van der Waals surface area (Å²) in [6.45, 7) is 22.1. The van der Waals surface area contributed by atoms with Gasteiger partial charge in [-0.05, 0) is 52.5 Å². The van der Waals surface area contributed by atoms with Gasteiger partial charge in [-0.15, -0.1) is 0 Å². The number of phenolic OH excluding ortho intramolecular Hbond substituents is 1. The van der Waals surface area contributed by atoms with Gasteiger partial charge >= 0.3 is 0 Å². The molecule has 1 aliphatic rings. The maximum absolute atomic E-state index is 9.87. The Labute approximate surface area is 215 Å². The number of benzene rings is 3. The Balaban J connectivity index is 0.00000132. The molecule has 0 fully saturated rings. The molecule has 0 heterocycles. The molecular weight excluding hydrogens is 424 g/mol. The molecule has 188 valence electrons. The van der Waals surface area contributed by atoms with Gasteiger partial charge in [-0.1, -0.05) is 147 Å². The molecule has 4 rings (SSSR count). The summed E-state index contributed by atoms with van der Waals surface area (Å²) in [6, 6.07) is 26.7. The smallest absolute Gasteiger partial charge is 0.115 e. The first kappa shape index (κ1) is 31.7. The highest BCUT2D eigenvalue weighted by Gasteiger charge is 2.47. The monoisotopic (exact) mass is 470 g/mol. The normalized spacial score (nSPS) is 17.2. The van der Waals surface area contributed by atoms with Crippen LogP contribution >= 0.6 is 0 Å². The third-order valence-corrected chi connectivity index (χ3v) is 5.40. The largest absolute Gasteiger partial charge is 0.508 e. The minimum absolute atomic E-state index is 0.272. The molecule has 0 aliphatic heterocycles. The Morgan fingerprint density at radius 1 is 0.657 bits per heavy atom. The van der Waals surface area contributed by atoms with Crippen LogP contribution in [-0.4, -0.2) is 5.11 Å². The van der Waals surface area contributed by atoms with Crippen molar-refractivity contribution < 1.29 is 5.11 Å². The third-order valence-electron chi connectivity index (χ3n) is 5.40. The molecule has 0 spiro atoms. The SMILES string of the molecule is C=C/C=C1\C(=C/C)c2ccccc2C1(c1ccccc1)c1ccc(O)cc1.CC.CC.CC.CC. The van der Waals surface area contributed by atoms with Gasteiger partial charge in [0.05, 0.1) is 5.41 Å². The van der Waals surface area contributed by atoms with Crippen LogP contribution < -0.4 is 0 Å². The lowest BCUT2D eigenvalue weighted by molar-refractivity contribution is 0.475. The van der Waals surface area contributed by atoms with Crippen LogP contribution in [0.25, 0.3) is 5.57 Å². The van der Waals surface area contributed by atoms with Gasteiger partial charge in [0.2, 0.25) is 0 Å². The zero-order valence-electron chi connectivity index (χ0n) is 23.4. The van der Waals surface area contributed by atoms with Crippen molar-refractivity contribution in [2.45, 2.75) is 67.7 Å². The highest BCUT2D eigenvalue weighted by molar-refractivity contribution is 5.94. The molecular formula is C34H46O. The van der Waals surface area contributed by atoms with Crippen LogP contribution in [0.4, 0.5) is 0 Å². The van der Waals surface area contributed by atoms with E-state index in [4.69, 9.17) is 0 Å². The zero-order chi connectivity index (χ0) is 26.9. The number of hydrogen-bond acceptors (Lipinski definition) is 1. The quantitative estimate of drug-likeness (QED) is 0.403. The summed E-state index contributed by atoms with van der Waals surface area (Å²) in [4.78, 5) is 0. The average Bonchev–Trinajstić information content (AvgIpc) is 3.24. The molecule has 1 heteroatoms. The van der Waals surface area contributed by atoms with E-state index in [9.17, 15) is 5.11 Å². The van der Waals surface area contributed by atoms with Gasteiger partial charge in [0.15, 0.2) is 0 Å². The summed E-state index contributed by atoms with van der Waals surface area (Å²) in [5.41, 5.74) is 6.81. The van der Waals surface area contributed by atoms with Crippen LogP contribution in [0.15, 0.2) is 109 Å². The maximum atomic E-state index is 9.87. The summed E-state index contributed by atoms with van der Waals surface area (Å²) >= 11 is 0. The second kappa shape index (κ2) is 17.2. The van der Waals surface area contributed by atoms with Crippen molar-refractivity contribution in [2.24, 2.45) is 0 Å². The summed E-state index contributed by atoms with van der Waals surface area (Å²) in [5, 5.41) is 9.87. The lowest BCUT2D eigenvalue weighted by Gasteiger charge is -2.34. The van der Waals surface area contributed by atoms with Gasteiger partial charge < -0.3 is 5.11 Å². The van der Waals surface area contributed by atoms with E-state index in [2.05, 4.69) is 74.2 Å². The van der Waals surface area contributed by atoms with Crippen molar-refractivity contribution in [3.05, 3.63) is 131 Å². The number of allylic oxidation sites excluding steroid dienone is 5. The molecule has 1 N–H and O–H groups in total. The van der Waals surface area contributed by atoms with Crippen LogP contribution in [0.1, 0.15) is 84.6 Å². The van der Waals surface area contributed by atoms with E-state index in [-0.39, 0.29) is 5.75 Å². The van der Waals surface area contributed by atoms with Crippen LogP contribution in [0.3, 0.4) is 0 Å². The summed E-state index contributed by atoms with van der Waals surface area (Å²) < 4.78 is 0. The van der Waals surface area contributed by atoms with Crippen molar-refractivity contribution in [3.8, 4) is 5.75 Å². The van der Waals surface area contributed by atoms with Gasteiger partial charge in [0, 0.05) is 0 Å². The molecule has 0 saturated heterocycles. The van der Waals surface area contributed by atoms with Gasteiger partial charge in [-0.3, -0.25) is 0 Å². The predicted octanol–water partition coefficient (Wildman–Crippen LogP) is 10.4. The first-order valence-electron chi connectivity index (χ1n) is 13.2. The molecule has 0 saturated carbocycles. The van der Waals surface area contributed by atoms with Crippen molar-refractivity contribution in [1.82, 2.24) is 0 Å². The van der Waals surface area contributed by atoms with Crippen molar-refractivity contribution in [2.75, 3.05) is 0 Å². The van der Waals surface area contributed by atoms with E-state index in [1.54, 1.807) is 12.1 Å². The minimum Gasteiger partial charge on any atom is -0.508 e. The van der Waals surface area contributed by atoms with Crippen molar-refractivity contribution in [3.63, 3.8) is 0 Å². The second-order valence-corrected chi connectivity index (χ2v) is 6.73. The maximum Gasteiger partial charge on any atom is 0.115 e. The minimum atomic E-state index is -0.443. The van der Waals surface area contributed by atoms with Crippen LogP contribution in [0, 0.1) is 0 Å². The fourth-order valence-electron chi connectivity index (χ4n) is 4.37. The first-order valence-corrected chi connectivity index (χ1v) is 13.2. The molecule has 1 unspecified atom stereocenters. The zero-order valence-corrected chi connectivity index (χ0v) is 23.4. The summed E-state index contributed by atoms with van der Waals surface area (Å²) in [6.07, 6.45) is 6.16. The molecule has 3 aromatic rings. The molecule has 1 atom stereocenters. The molecule has 1 nitrogen and oxygen atoms in total. The van der Waals surface area contributed by atoms with E-state index >= 15 is 0 Å². The molecule has 0 bridgehead atoms. The van der Waals surface area contributed by atoms with Crippen LogP contribution in [0.5, 0.6) is 5.75 Å². The summed E-state index contributed by atoms with van der Waals surface area (Å²) in [7, 11) is 0. The Bertz CT molecular complexity index is 1040. The Hall–Kier alpha value is -3.32. The number of hydrogen-bond donors (Lipinski definition) is 1. The standard InChI is InChI=1S/C26H22O.4C2H6/c1-3-10-24-22(4-2)23-13-8-9-14-25(23)26(24,19-11-6-5-7-12-19)20-15-17-21(27)18-16-20;4*1-2/h3-18,27H,1H2,2H3;4*1-2H3/b22-4-,24-10+;;;;. The van der Waals surface area contributed by atoms with Gasteiger partial charge in [0.25, 0.3) is 0 Å². The molecule has 0 radical (unpaired) electrons. The molecule has 0 amide bonds. The first-order chi connectivity index (χ1) is 17.2. The lowest BCUT2D eigenvalue weighted by Crippen LogP contribution is -2.28. The van der Waals surface area contributed by atoms with E-state index in [1.165, 1.54) is 27.8 Å². The lowest BCUT2D eigenvalue weighted by atomic mass is 9.67. The summed E-state index contributed by atoms with van der Waals surface area (Å²) in [5.74, 6) is 0.272. The van der Waals surface area contributed by atoms with Crippen molar-refractivity contribution >= 4 is 5.57 Å². The predicted molar refractivity (Wildman–Crippen MR) is 158 cm³/mol. The highest BCUT2D eigenvalue weighted by Crippen LogP contribution is 2.57. The van der Waals surface area contributed by atoms with Crippen molar-refractivity contribution in [1.29, 1.82) is 0 Å². The number of rotatable bonds is 3. The number of aromatic hydroxyl groups is 1. The van der Waals surface area contributed by atoms with Gasteiger partial charge in [-0.25, -0.2) is 0 Å². The van der Waals surface area contributed by atoms with E-state index in [0.29, 0.717) is 0 Å². The van der Waals surface area contributed by atoms with Gasteiger partial charge in [-0.2, -0.15) is 0 Å². The highest BCUT2D eigenvalue weighted by atomic mass is 16.3. The van der Waals surface area contributed by atoms with E-state index in [0.717, 1.165) is 5.56 Å². The Kier molecular flexibility index (Phi) is 15.5. The van der Waals surface area contributed by atoms with Crippen LogP contribution in [-0.2, 0) is 5.41 Å². The average molecular weight is 471 g/mol. The molecule has 35 heavy (non-hydrogen) atoms. The molecule has 0 aromatic heterocycles. The van der Waals surface area contributed by atoms with Gasteiger partial charge in [0.1, 0.15) is 5.75 Å². The Morgan fingerprint density at radius 3 is 1.66 bits per heavy atom. The van der Waals surface area contributed by atoms with Crippen LogP contribution in [0.2, 0.25) is 0 Å². The Morgan fingerprint density at radius 2 is 1.14 bits per heavy atom. The topological polar surface area (TPSA) is 20.2 Å². The van der Waals surface area contributed by atoms with E-state index in [1.807, 2.05) is 79.7 Å². The number of fused-ring (bicyclic) bond motifs is 1. The second-order valence-electron chi connectivity index (χ2n) is 6.73. The fourth-order valence-corrected chi connectivity index (χ4v) is 4.37. The number of phenols is 1. The fraction of sp³-hybridized carbons (Fsp3) is 0.294. The third kappa shape index (κ3) is 6.42. The van der Waals surface area contributed by atoms with E-state index < -0.39 is 5.41 Å². The molecule has 3 aromatic carbocycles.